The Morgan fingerprint density at radius 3 is 2.28 bits per heavy atom. The van der Waals surface area contributed by atoms with Crippen LogP contribution < -0.4 is 5.32 Å². The molecule has 0 aromatic heterocycles. The molecule has 0 bridgehead atoms. The zero-order chi connectivity index (χ0) is 19.0. The monoisotopic (exact) mass is 352 g/mol. The minimum absolute atomic E-state index is 0.0274. The highest BCUT2D eigenvalue weighted by Gasteiger charge is 2.45. The number of ether oxygens (including phenoxy) is 1. The van der Waals surface area contributed by atoms with Crippen molar-refractivity contribution in [2.24, 2.45) is 5.10 Å². The van der Waals surface area contributed by atoms with Crippen LogP contribution in [0.5, 0.6) is 0 Å². The Labute approximate surface area is 150 Å². The number of amides is 2. The first-order valence-corrected chi connectivity index (χ1v) is 9.06. The van der Waals surface area contributed by atoms with E-state index in [1.54, 1.807) is 0 Å². The molecule has 142 valence electrons. The summed E-state index contributed by atoms with van der Waals surface area (Å²) in [5.41, 5.74) is -0.0548. The third-order valence-electron chi connectivity index (χ3n) is 5.35. The van der Waals surface area contributed by atoms with Crippen molar-refractivity contribution in [2.75, 3.05) is 7.05 Å². The first-order valence-electron chi connectivity index (χ1n) is 9.06. The molecule has 0 aliphatic carbocycles. The van der Waals surface area contributed by atoms with Crippen molar-refractivity contribution in [1.29, 1.82) is 0 Å². The van der Waals surface area contributed by atoms with Crippen LogP contribution in [0.4, 0.5) is 0 Å². The van der Waals surface area contributed by atoms with Crippen LogP contribution in [0.15, 0.2) is 5.10 Å². The van der Waals surface area contributed by atoms with Crippen molar-refractivity contribution in [1.82, 2.24) is 15.2 Å². The Bertz CT molecular complexity index is 553. The van der Waals surface area contributed by atoms with Crippen LogP contribution in [-0.4, -0.2) is 58.0 Å². The van der Waals surface area contributed by atoms with Crippen molar-refractivity contribution in [3.63, 3.8) is 0 Å². The first kappa shape index (κ1) is 19.7. The van der Waals surface area contributed by atoms with E-state index >= 15 is 0 Å². The molecule has 2 rings (SSSR count). The van der Waals surface area contributed by atoms with E-state index in [9.17, 15) is 9.59 Å². The fraction of sp³-hybridized carbons (Fsp3) is 0.833. The molecule has 0 spiro atoms. The molecule has 1 fully saturated rings. The fourth-order valence-electron chi connectivity index (χ4n) is 3.84. The summed E-state index contributed by atoms with van der Waals surface area (Å²) in [5, 5.41) is 8.38. The molecule has 25 heavy (non-hydrogen) atoms. The van der Waals surface area contributed by atoms with Gasteiger partial charge in [0.05, 0.1) is 0 Å². The second-order valence-electron chi connectivity index (χ2n) is 8.38. The van der Waals surface area contributed by atoms with Crippen LogP contribution in [0.2, 0.25) is 0 Å². The summed E-state index contributed by atoms with van der Waals surface area (Å²) in [4.78, 5) is 26.9. The molecule has 2 aliphatic heterocycles. The van der Waals surface area contributed by atoms with Crippen LogP contribution in [0, 0.1) is 0 Å². The summed E-state index contributed by atoms with van der Waals surface area (Å²) in [6.07, 6.45) is 2.14. The van der Waals surface area contributed by atoms with Crippen molar-refractivity contribution in [2.45, 2.75) is 90.6 Å². The predicted octanol–water partition coefficient (Wildman–Crippen LogP) is 2.07. The van der Waals surface area contributed by atoms with E-state index in [2.05, 4.69) is 50.1 Å². The van der Waals surface area contributed by atoms with Gasteiger partial charge in [-0.2, -0.15) is 5.01 Å². The van der Waals surface area contributed by atoms with E-state index in [1.807, 2.05) is 6.92 Å². The van der Waals surface area contributed by atoms with E-state index in [-0.39, 0.29) is 28.9 Å². The van der Waals surface area contributed by atoms with Crippen molar-refractivity contribution < 1.29 is 14.3 Å². The Morgan fingerprint density at radius 2 is 1.80 bits per heavy atom. The van der Waals surface area contributed by atoms with Gasteiger partial charge < -0.3 is 10.1 Å². The molecule has 0 saturated carbocycles. The lowest BCUT2D eigenvalue weighted by Crippen LogP contribution is -2.63. The Balaban J connectivity index is 2.08. The van der Waals surface area contributed by atoms with E-state index in [1.165, 1.54) is 6.92 Å². The number of carbonyl (C=O) groups excluding carboxylic acids is 2. The molecular weight excluding hydrogens is 320 g/mol. The molecule has 1 saturated heterocycles. The maximum absolute atomic E-state index is 12.8. The third kappa shape index (κ3) is 4.14. The average molecular weight is 352 g/mol. The topological polar surface area (TPSA) is 74.2 Å². The minimum atomic E-state index is -0.995. The Hall–Kier alpha value is -1.63. The van der Waals surface area contributed by atoms with Gasteiger partial charge in [-0.15, -0.1) is 5.10 Å². The lowest BCUT2D eigenvalue weighted by atomic mass is 9.77. The summed E-state index contributed by atoms with van der Waals surface area (Å²) in [5.74, 6) is -0.150. The minimum Gasteiger partial charge on any atom is -0.444 e. The smallest absolute Gasteiger partial charge is 0.284 e. The van der Waals surface area contributed by atoms with Crippen molar-refractivity contribution in [3.05, 3.63) is 0 Å². The van der Waals surface area contributed by atoms with Crippen LogP contribution >= 0.6 is 0 Å². The molecule has 1 atom stereocenters. The van der Waals surface area contributed by atoms with E-state index < -0.39 is 6.23 Å². The molecule has 7 nitrogen and oxygen atoms in total. The molecular formula is C18H32N4O3. The van der Waals surface area contributed by atoms with Gasteiger partial charge in [-0.3, -0.25) is 14.5 Å². The lowest BCUT2D eigenvalue weighted by Gasteiger charge is -2.53. The first-order chi connectivity index (χ1) is 11.5. The Morgan fingerprint density at radius 1 is 1.24 bits per heavy atom. The van der Waals surface area contributed by atoms with Gasteiger partial charge in [-0.25, -0.2) is 0 Å². The highest BCUT2D eigenvalue weighted by molar-refractivity contribution is 5.91. The molecule has 2 aliphatic rings. The van der Waals surface area contributed by atoms with E-state index in [0.29, 0.717) is 12.3 Å². The molecule has 7 heteroatoms. The summed E-state index contributed by atoms with van der Waals surface area (Å²) in [7, 11) is 2.13. The standard InChI is InChI=1S/C18H32N4O3/c1-8-9-14-20-22(12(2)23)16(25-14)15(24)19-13-10-17(3,4)21(7)18(5,6)11-13/h13,16H,8-11H2,1-7H3,(H,19,24). The molecule has 0 aromatic carbocycles. The van der Waals surface area contributed by atoms with Gasteiger partial charge in [0.25, 0.3) is 12.1 Å². The van der Waals surface area contributed by atoms with Crippen molar-refractivity contribution >= 4 is 17.7 Å². The summed E-state index contributed by atoms with van der Waals surface area (Å²) < 4.78 is 5.64. The molecule has 0 aromatic rings. The second-order valence-corrected chi connectivity index (χ2v) is 8.38. The van der Waals surface area contributed by atoms with Crippen molar-refractivity contribution in [3.8, 4) is 0 Å². The summed E-state index contributed by atoms with van der Waals surface area (Å²) in [6, 6.07) is 0.0290. The molecule has 1 N–H and O–H groups in total. The van der Waals surface area contributed by atoms with Gasteiger partial charge in [0.1, 0.15) is 0 Å². The molecule has 0 radical (unpaired) electrons. The number of piperidine rings is 1. The van der Waals surface area contributed by atoms with Crippen LogP contribution in [0.25, 0.3) is 0 Å². The van der Waals surface area contributed by atoms with Gasteiger partial charge in [-0.05, 0) is 54.0 Å². The van der Waals surface area contributed by atoms with Gasteiger partial charge in [0, 0.05) is 30.5 Å². The highest BCUT2D eigenvalue weighted by Crippen LogP contribution is 2.36. The fourth-order valence-corrected chi connectivity index (χ4v) is 3.84. The number of likely N-dealkylation sites (tertiary alicyclic amines) is 1. The van der Waals surface area contributed by atoms with Gasteiger partial charge >= 0.3 is 0 Å². The summed E-state index contributed by atoms with van der Waals surface area (Å²) in [6.45, 7) is 12.1. The molecule has 2 heterocycles. The van der Waals surface area contributed by atoms with Gasteiger partial charge in [-0.1, -0.05) is 6.92 Å². The number of carbonyl (C=O) groups is 2. The molecule has 1 unspecified atom stereocenters. The van der Waals surface area contributed by atoms with Crippen LogP contribution in [0.3, 0.4) is 0 Å². The maximum atomic E-state index is 12.8. The normalized spacial score (nSPS) is 26.1. The van der Waals surface area contributed by atoms with Crippen LogP contribution in [0.1, 0.15) is 67.2 Å². The van der Waals surface area contributed by atoms with Gasteiger partial charge in [0.2, 0.25) is 11.8 Å². The van der Waals surface area contributed by atoms with E-state index in [0.717, 1.165) is 24.3 Å². The number of hydrogen-bond acceptors (Lipinski definition) is 5. The third-order valence-corrected chi connectivity index (χ3v) is 5.35. The lowest BCUT2D eigenvalue weighted by molar-refractivity contribution is -0.148. The number of nitrogens with one attached hydrogen (secondary N) is 1. The quantitative estimate of drug-likeness (QED) is 0.840. The number of rotatable bonds is 4. The number of hydrazone groups is 1. The zero-order valence-electron chi connectivity index (χ0n) is 16.5. The predicted molar refractivity (Wildman–Crippen MR) is 96.8 cm³/mol. The largest absolute Gasteiger partial charge is 0.444 e. The SMILES string of the molecule is CCCC1=NN(C(C)=O)C(C(=O)NC2CC(C)(C)N(C)C(C)(C)C2)O1. The second kappa shape index (κ2) is 6.94. The number of hydrogen-bond donors (Lipinski definition) is 1. The van der Waals surface area contributed by atoms with Crippen LogP contribution in [-0.2, 0) is 14.3 Å². The summed E-state index contributed by atoms with van der Waals surface area (Å²) >= 11 is 0. The van der Waals surface area contributed by atoms with Gasteiger partial charge in [0.15, 0.2) is 0 Å². The van der Waals surface area contributed by atoms with E-state index in [4.69, 9.17) is 4.74 Å². The molecule has 2 amide bonds. The Kier molecular flexibility index (Phi) is 5.47. The zero-order valence-corrected chi connectivity index (χ0v) is 16.5. The highest BCUT2D eigenvalue weighted by atomic mass is 16.5. The maximum Gasteiger partial charge on any atom is 0.284 e. The number of nitrogens with zero attached hydrogens (tertiary/aromatic N) is 3. The average Bonchev–Trinajstić information content (AvgIpc) is 2.89.